The molecule has 0 saturated carbocycles. The molecular formula is C7H11O3V. The van der Waals surface area contributed by atoms with Crippen molar-refractivity contribution in [1.82, 2.24) is 0 Å². The zero-order valence-electron chi connectivity index (χ0n) is 6.61. The first kappa shape index (κ1) is 13.4. The summed E-state index contributed by atoms with van der Waals surface area (Å²) in [6.07, 6.45) is 6.81. The molecule has 0 atom stereocenters. The normalized spacial score (nSPS) is 11.5. The first-order chi connectivity index (χ1) is 5.43. The first-order valence-corrected chi connectivity index (χ1v) is 4.21. The van der Waals surface area contributed by atoms with Crippen LogP contribution < -0.4 is 10.2 Å². The monoisotopic (exact) mass is 194 g/mol. The maximum atomic E-state index is 10.1. The summed E-state index contributed by atoms with van der Waals surface area (Å²) in [5.41, 5.74) is 0. The maximum absolute atomic E-state index is 10.1. The van der Waals surface area contributed by atoms with Crippen molar-refractivity contribution in [3.05, 3.63) is 22.5 Å². The van der Waals surface area contributed by atoms with Crippen molar-refractivity contribution < 1.29 is 30.1 Å². The molecule has 4 heteroatoms. The van der Waals surface area contributed by atoms with Crippen LogP contribution >= 0.6 is 0 Å². The minimum absolute atomic E-state index is 0.727. The molecule has 11 heavy (non-hydrogen) atoms. The van der Waals surface area contributed by atoms with E-state index >= 15 is 0 Å². The van der Waals surface area contributed by atoms with Crippen molar-refractivity contribution >= 4 is 0 Å². The van der Waals surface area contributed by atoms with Gasteiger partial charge in [-0.25, -0.2) is 0 Å². The van der Waals surface area contributed by atoms with Crippen LogP contribution in [0.25, 0.3) is 0 Å². The molecule has 3 nitrogen and oxygen atoms in total. The van der Waals surface area contributed by atoms with Crippen LogP contribution in [0.15, 0.2) is 22.5 Å². The molecule has 0 N–H and O–H groups in total. The van der Waals surface area contributed by atoms with E-state index < -0.39 is 16.2 Å². The first-order valence-electron chi connectivity index (χ1n) is 2.94. The van der Waals surface area contributed by atoms with Gasteiger partial charge in [0.25, 0.3) is 0 Å². The third-order valence-electron chi connectivity index (χ3n) is 0.869. The molecule has 0 heterocycles. The fourth-order valence-electron chi connectivity index (χ4n) is 0.504. The van der Waals surface area contributed by atoms with Crippen LogP contribution in [-0.2, 0) is 19.9 Å². The van der Waals surface area contributed by atoms with Gasteiger partial charge in [0.1, 0.15) is 0 Å². The standard InChI is InChI=1S/C5H5.2CH3O.O.V/c1-2-4-5-3-1;2*1-2;;/h1-3H,4H2;2*1H3;;/q;2*-1;;+2. The Morgan fingerprint density at radius 2 is 1.91 bits per heavy atom. The fourth-order valence-corrected chi connectivity index (χ4v) is 1.01. The molecule has 0 aromatic heterocycles. The Bertz CT molecular complexity index is 141. The van der Waals surface area contributed by atoms with Crippen LogP contribution in [0.2, 0.25) is 0 Å². The van der Waals surface area contributed by atoms with E-state index in [9.17, 15) is 3.67 Å². The zero-order valence-corrected chi connectivity index (χ0v) is 8.01. The second-order valence-corrected chi connectivity index (χ2v) is 2.56. The molecule has 0 unspecified atom stereocenters. The molecule has 0 spiro atoms. The summed E-state index contributed by atoms with van der Waals surface area (Å²) in [5.74, 6) is 0. The number of rotatable bonds is 1. The number of allylic oxidation sites excluding steroid dienone is 4. The Balaban J connectivity index is 0. The predicted molar refractivity (Wildman–Crippen MR) is 34.4 cm³/mol. The molecular weight excluding hydrogens is 183 g/mol. The molecule has 0 saturated heterocycles. The van der Waals surface area contributed by atoms with Crippen molar-refractivity contribution in [2.24, 2.45) is 0 Å². The van der Waals surface area contributed by atoms with Gasteiger partial charge in [0.05, 0.1) is 0 Å². The molecule has 0 bridgehead atoms. The van der Waals surface area contributed by atoms with Crippen molar-refractivity contribution in [2.45, 2.75) is 6.42 Å². The zero-order chi connectivity index (χ0) is 9.11. The van der Waals surface area contributed by atoms with Crippen molar-refractivity contribution in [1.29, 1.82) is 0 Å². The molecule has 0 aromatic rings. The van der Waals surface area contributed by atoms with E-state index in [0.29, 0.717) is 0 Å². The van der Waals surface area contributed by atoms with E-state index in [1.54, 1.807) is 0 Å². The van der Waals surface area contributed by atoms with Gasteiger partial charge in [-0.15, -0.1) is 0 Å². The third kappa shape index (κ3) is 7.68. The Morgan fingerprint density at radius 3 is 2.09 bits per heavy atom. The fraction of sp³-hybridized carbons (Fsp3) is 0.429. The third-order valence-corrected chi connectivity index (χ3v) is 1.75. The SMILES string of the molecule is C[O-].C[O-].[O]=[V+2][C]1=CC=CC1. The quantitative estimate of drug-likeness (QED) is 0.549. The van der Waals surface area contributed by atoms with Gasteiger partial charge in [-0.05, 0) is 0 Å². The summed E-state index contributed by atoms with van der Waals surface area (Å²) in [6, 6.07) is 0. The molecule has 0 aliphatic heterocycles. The van der Waals surface area contributed by atoms with Crippen molar-refractivity contribution in [3.8, 4) is 0 Å². The molecule has 1 aliphatic rings. The van der Waals surface area contributed by atoms with Crippen LogP contribution in [0.3, 0.4) is 0 Å². The van der Waals surface area contributed by atoms with E-state index in [0.717, 1.165) is 24.9 Å². The van der Waals surface area contributed by atoms with Crippen LogP contribution in [0.1, 0.15) is 6.42 Å². The van der Waals surface area contributed by atoms with Gasteiger partial charge in [0.15, 0.2) is 0 Å². The van der Waals surface area contributed by atoms with Gasteiger partial charge >= 0.3 is 48.8 Å². The van der Waals surface area contributed by atoms with Gasteiger partial charge in [-0.2, -0.15) is 14.2 Å². The van der Waals surface area contributed by atoms with Crippen LogP contribution in [0, 0.1) is 0 Å². The Kier molecular flexibility index (Phi) is 15.2. The summed E-state index contributed by atoms with van der Waals surface area (Å²) in [4.78, 5) is 0. The van der Waals surface area contributed by atoms with Gasteiger partial charge in [0, 0.05) is 0 Å². The number of hydrogen-bond donors (Lipinski definition) is 0. The van der Waals surface area contributed by atoms with E-state index in [1.165, 1.54) is 0 Å². The molecule has 0 aromatic carbocycles. The molecule has 1 aliphatic carbocycles. The Hall–Kier alpha value is -0.216. The Morgan fingerprint density at radius 1 is 1.36 bits per heavy atom. The summed E-state index contributed by atoms with van der Waals surface area (Å²) >= 11 is -0.727. The second-order valence-electron chi connectivity index (χ2n) is 1.38. The van der Waals surface area contributed by atoms with E-state index in [-0.39, 0.29) is 0 Å². The van der Waals surface area contributed by atoms with Gasteiger partial charge < -0.3 is 10.2 Å². The van der Waals surface area contributed by atoms with Crippen LogP contribution in [-0.4, -0.2) is 14.2 Å². The Labute approximate surface area is 73.7 Å². The molecule has 0 amide bonds. The van der Waals surface area contributed by atoms with Crippen molar-refractivity contribution in [2.75, 3.05) is 14.2 Å². The molecule has 0 fully saturated rings. The minimum atomic E-state index is -0.727. The van der Waals surface area contributed by atoms with E-state index in [2.05, 4.69) is 0 Å². The average molecular weight is 194 g/mol. The summed E-state index contributed by atoms with van der Waals surface area (Å²) < 4.78 is 11.2. The topological polar surface area (TPSA) is 63.2 Å². The van der Waals surface area contributed by atoms with Gasteiger partial charge in [0.2, 0.25) is 0 Å². The molecule has 0 radical (unpaired) electrons. The summed E-state index contributed by atoms with van der Waals surface area (Å²) in [5, 5.41) is 16.5. The van der Waals surface area contributed by atoms with E-state index in [1.807, 2.05) is 18.2 Å². The van der Waals surface area contributed by atoms with Crippen LogP contribution in [0.5, 0.6) is 0 Å². The average Bonchev–Trinajstić information content (AvgIpc) is 2.63. The summed E-state index contributed by atoms with van der Waals surface area (Å²) in [7, 11) is 1.50. The summed E-state index contributed by atoms with van der Waals surface area (Å²) in [6.45, 7) is 0. The second kappa shape index (κ2) is 12.5. The molecule has 62 valence electrons. The van der Waals surface area contributed by atoms with Gasteiger partial charge in [-0.3, -0.25) is 0 Å². The number of hydrogen-bond acceptors (Lipinski definition) is 3. The van der Waals surface area contributed by atoms with E-state index in [4.69, 9.17) is 10.2 Å². The van der Waals surface area contributed by atoms with Crippen molar-refractivity contribution in [3.63, 3.8) is 0 Å². The van der Waals surface area contributed by atoms with Crippen LogP contribution in [0.4, 0.5) is 0 Å². The van der Waals surface area contributed by atoms with Gasteiger partial charge in [-0.1, -0.05) is 0 Å². The predicted octanol–water partition coefficient (Wildman–Crippen LogP) is -0.789. The molecule has 1 rings (SSSR count).